The van der Waals surface area contributed by atoms with Crippen LogP contribution in [0.4, 0.5) is 0 Å². The Labute approximate surface area is 124 Å². The molecule has 3 aromatic rings. The van der Waals surface area contributed by atoms with E-state index in [2.05, 4.69) is 52.7 Å². The van der Waals surface area contributed by atoms with Gasteiger partial charge in [0.25, 0.3) is 0 Å². The first-order chi connectivity index (χ1) is 10.3. The fourth-order valence-corrected chi connectivity index (χ4v) is 2.22. The van der Waals surface area contributed by atoms with Gasteiger partial charge in [-0.2, -0.15) is 0 Å². The Morgan fingerprint density at radius 3 is 1.90 bits per heavy atom. The van der Waals surface area contributed by atoms with Gasteiger partial charge in [0.1, 0.15) is 18.8 Å². The third kappa shape index (κ3) is 2.84. The van der Waals surface area contributed by atoms with Crippen molar-refractivity contribution < 1.29 is 13.7 Å². The van der Waals surface area contributed by atoms with E-state index in [-0.39, 0.29) is 0 Å². The standard InChI is InChI=1S/C17H19N3O/c1-3-19-9-5-14(6-10-19)16-13-17(21-18-16)15-7-11-20(4-2)12-8-15/h5-13H,3-4H2,1-2H3/q+2. The Balaban J connectivity index is 1.87. The minimum absolute atomic E-state index is 0.792. The number of aryl methyl sites for hydroxylation is 2. The second-order valence-corrected chi connectivity index (χ2v) is 4.91. The maximum absolute atomic E-state index is 5.47. The molecule has 0 saturated carbocycles. The summed E-state index contributed by atoms with van der Waals surface area (Å²) < 4.78 is 9.70. The molecule has 0 aliphatic rings. The first-order valence-corrected chi connectivity index (χ1v) is 7.26. The van der Waals surface area contributed by atoms with Crippen LogP contribution >= 0.6 is 0 Å². The molecule has 3 heterocycles. The molecular formula is C17H19N3O+2. The van der Waals surface area contributed by atoms with Crippen molar-refractivity contribution >= 4 is 0 Å². The van der Waals surface area contributed by atoms with E-state index in [1.807, 2.05) is 30.6 Å². The summed E-state index contributed by atoms with van der Waals surface area (Å²) in [5, 5.41) is 4.17. The van der Waals surface area contributed by atoms with E-state index in [4.69, 9.17) is 4.52 Å². The van der Waals surface area contributed by atoms with Gasteiger partial charge in [0.05, 0.1) is 0 Å². The highest BCUT2D eigenvalue weighted by Gasteiger charge is 2.11. The first kappa shape index (κ1) is 13.5. The van der Waals surface area contributed by atoms with E-state index in [0.29, 0.717) is 0 Å². The lowest BCUT2D eigenvalue weighted by Gasteiger charge is -1.94. The molecule has 0 bridgehead atoms. The van der Waals surface area contributed by atoms with Gasteiger partial charge in [-0.15, -0.1) is 0 Å². The van der Waals surface area contributed by atoms with Gasteiger partial charge in [-0.05, 0) is 13.8 Å². The second-order valence-electron chi connectivity index (χ2n) is 4.91. The molecule has 21 heavy (non-hydrogen) atoms. The maximum atomic E-state index is 5.47. The van der Waals surface area contributed by atoms with Gasteiger partial charge in [-0.1, -0.05) is 5.16 Å². The van der Waals surface area contributed by atoms with Crippen LogP contribution in [0.1, 0.15) is 13.8 Å². The molecular weight excluding hydrogens is 262 g/mol. The van der Waals surface area contributed by atoms with Crippen molar-refractivity contribution in [3.8, 4) is 22.6 Å². The third-order valence-corrected chi connectivity index (χ3v) is 3.60. The second kappa shape index (κ2) is 5.87. The van der Waals surface area contributed by atoms with Gasteiger partial charge in [-0.3, -0.25) is 0 Å². The fourth-order valence-electron chi connectivity index (χ4n) is 2.22. The lowest BCUT2D eigenvalue weighted by molar-refractivity contribution is -0.693. The molecule has 0 unspecified atom stereocenters. The minimum atomic E-state index is 0.792. The van der Waals surface area contributed by atoms with Crippen molar-refractivity contribution in [2.24, 2.45) is 0 Å². The molecule has 0 fully saturated rings. The molecule has 4 nitrogen and oxygen atoms in total. The van der Waals surface area contributed by atoms with Crippen LogP contribution in [0.2, 0.25) is 0 Å². The Morgan fingerprint density at radius 1 is 0.857 bits per heavy atom. The summed E-state index contributed by atoms with van der Waals surface area (Å²) in [5.41, 5.74) is 2.97. The van der Waals surface area contributed by atoms with Gasteiger partial charge in [0.15, 0.2) is 30.5 Å². The summed E-state index contributed by atoms with van der Waals surface area (Å²) >= 11 is 0. The Hall–Kier alpha value is -2.49. The van der Waals surface area contributed by atoms with Gasteiger partial charge in [0, 0.05) is 41.5 Å². The van der Waals surface area contributed by atoms with Gasteiger partial charge >= 0.3 is 0 Å². The van der Waals surface area contributed by atoms with Crippen LogP contribution in [0, 0.1) is 0 Å². The number of hydrogen-bond acceptors (Lipinski definition) is 2. The molecule has 0 aliphatic carbocycles. The predicted molar refractivity (Wildman–Crippen MR) is 79.1 cm³/mol. The summed E-state index contributed by atoms with van der Waals surface area (Å²) in [5.74, 6) is 0.792. The van der Waals surface area contributed by atoms with Crippen molar-refractivity contribution in [3.05, 3.63) is 55.1 Å². The third-order valence-electron chi connectivity index (χ3n) is 3.60. The number of aromatic nitrogens is 3. The minimum Gasteiger partial charge on any atom is -0.356 e. The van der Waals surface area contributed by atoms with Gasteiger partial charge in [0.2, 0.25) is 0 Å². The summed E-state index contributed by atoms with van der Waals surface area (Å²) in [4.78, 5) is 0. The Bertz CT molecular complexity index is 653. The molecule has 0 saturated heterocycles. The average Bonchev–Trinajstić information content (AvgIpc) is 3.05. The lowest BCUT2D eigenvalue weighted by Crippen LogP contribution is -2.30. The SMILES string of the molecule is CC[n+]1ccc(-c2cc(-c3cc[n+](CC)cc3)on2)cc1. The molecule has 106 valence electrons. The van der Waals surface area contributed by atoms with Gasteiger partial charge in [-0.25, -0.2) is 9.13 Å². The normalized spacial score (nSPS) is 10.8. The molecule has 3 aromatic heterocycles. The summed E-state index contributed by atoms with van der Waals surface area (Å²) in [6, 6.07) is 10.2. The van der Waals surface area contributed by atoms with Crippen LogP contribution < -0.4 is 9.13 Å². The average molecular weight is 281 g/mol. The predicted octanol–water partition coefficient (Wildman–Crippen LogP) is 2.62. The monoisotopic (exact) mass is 281 g/mol. The van der Waals surface area contributed by atoms with Crippen LogP contribution in [0.5, 0.6) is 0 Å². The van der Waals surface area contributed by atoms with E-state index >= 15 is 0 Å². The summed E-state index contributed by atoms with van der Waals surface area (Å²) in [6.45, 7) is 6.16. The van der Waals surface area contributed by atoms with Crippen LogP contribution in [0.15, 0.2) is 59.6 Å². The van der Waals surface area contributed by atoms with Crippen LogP contribution in [0.3, 0.4) is 0 Å². The lowest BCUT2D eigenvalue weighted by atomic mass is 10.1. The highest BCUT2D eigenvalue weighted by molar-refractivity contribution is 5.65. The molecule has 0 N–H and O–H groups in total. The van der Waals surface area contributed by atoms with Gasteiger partial charge < -0.3 is 4.52 Å². The van der Waals surface area contributed by atoms with E-state index in [1.54, 1.807) is 0 Å². The topological polar surface area (TPSA) is 33.8 Å². The molecule has 0 aromatic carbocycles. The van der Waals surface area contributed by atoms with E-state index in [0.717, 1.165) is 35.7 Å². The van der Waals surface area contributed by atoms with E-state index in [9.17, 15) is 0 Å². The molecule has 0 aliphatic heterocycles. The fraction of sp³-hybridized carbons (Fsp3) is 0.235. The maximum Gasteiger partial charge on any atom is 0.169 e. The Morgan fingerprint density at radius 2 is 1.38 bits per heavy atom. The number of rotatable bonds is 4. The highest BCUT2D eigenvalue weighted by Crippen LogP contribution is 2.24. The molecule has 0 radical (unpaired) electrons. The quantitative estimate of drug-likeness (QED) is 0.689. The molecule has 3 rings (SSSR count). The van der Waals surface area contributed by atoms with Crippen molar-refractivity contribution in [1.82, 2.24) is 5.16 Å². The molecule has 0 spiro atoms. The van der Waals surface area contributed by atoms with Crippen molar-refractivity contribution in [2.45, 2.75) is 26.9 Å². The van der Waals surface area contributed by atoms with Crippen molar-refractivity contribution in [3.63, 3.8) is 0 Å². The van der Waals surface area contributed by atoms with E-state index < -0.39 is 0 Å². The van der Waals surface area contributed by atoms with Crippen molar-refractivity contribution in [1.29, 1.82) is 0 Å². The number of nitrogens with zero attached hydrogens (tertiary/aromatic N) is 3. The zero-order chi connectivity index (χ0) is 14.7. The van der Waals surface area contributed by atoms with Crippen LogP contribution in [0.25, 0.3) is 22.6 Å². The first-order valence-electron chi connectivity index (χ1n) is 7.26. The Kier molecular flexibility index (Phi) is 3.77. The zero-order valence-corrected chi connectivity index (χ0v) is 12.4. The highest BCUT2D eigenvalue weighted by atomic mass is 16.5. The molecule has 0 amide bonds. The molecule has 0 atom stereocenters. The molecule has 4 heteroatoms. The van der Waals surface area contributed by atoms with Crippen LogP contribution in [-0.2, 0) is 13.1 Å². The zero-order valence-electron chi connectivity index (χ0n) is 12.4. The van der Waals surface area contributed by atoms with Crippen LogP contribution in [-0.4, -0.2) is 5.16 Å². The van der Waals surface area contributed by atoms with Crippen molar-refractivity contribution in [2.75, 3.05) is 0 Å². The van der Waals surface area contributed by atoms with E-state index in [1.165, 1.54) is 0 Å². The summed E-state index contributed by atoms with van der Waals surface area (Å²) in [7, 11) is 0. The summed E-state index contributed by atoms with van der Waals surface area (Å²) in [6.07, 6.45) is 8.20. The smallest absolute Gasteiger partial charge is 0.169 e. The largest absolute Gasteiger partial charge is 0.356 e. The number of pyridine rings is 2. The number of hydrogen-bond donors (Lipinski definition) is 0.